The van der Waals surface area contributed by atoms with Crippen LogP contribution in [0.15, 0.2) is 60.9 Å². The summed E-state index contributed by atoms with van der Waals surface area (Å²) in [6, 6.07) is 12.0. The van der Waals surface area contributed by atoms with Gasteiger partial charge in [0, 0.05) is 23.6 Å². The third-order valence-electron chi connectivity index (χ3n) is 5.56. The minimum Gasteiger partial charge on any atom is -0.481 e. The van der Waals surface area contributed by atoms with Crippen molar-refractivity contribution in [3.8, 4) is 17.0 Å². The number of carbonyl (C=O) groups excluding carboxylic acids is 2. The maximum Gasteiger partial charge on any atom is 0.328 e. The Labute approximate surface area is 216 Å². The van der Waals surface area contributed by atoms with Crippen LogP contribution < -0.4 is 10.1 Å². The summed E-state index contributed by atoms with van der Waals surface area (Å²) in [4.78, 5) is 34.1. The van der Waals surface area contributed by atoms with E-state index in [1.165, 1.54) is 32.4 Å². The second-order valence-corrected chi connectivity index (χ2v) is 8.55. The second kappa shape index (κ2) is 10.9. The molecule has 1 amide bonds. The quantitative estimate of drug-likeness (QED) is 0.329. The molecule has 36 heavy (non-hydrogen) atoms. The number of halogens is 3. The molecular formula is C26H20Cl2FN3O4. The van der Waals surface area contributed by atoms with Crippen molar-refractivity contribution in [2.75, 3.05) is 14.2 Å². The molecule has 10 heteroatoms. The monoisotopic (exact) mass is 527 g/mol. The summed E-state index contributed by atoms with van der Waals surface area (Å²) in [5, 5.41) is 3.65. The molecule has 2 aromatic carbocycles. The van der Waals surface area contributed by atoms with E-state index in [0.29, 0.717) is 27.6 Å². The minimum absolute atomic E-state index is 0.0544. The highest BCUT2D eigenvalue weighted by Gasteiger charge is 2.26. The fourth-order valence-electron chi connectivity index (χ4n) is 3.91. The van der Waals surface area contributed by atoms with Gasteiger partial charge < -0.3 is 14.8 Å². The van der Waals surface area contributed by atoms with Crippen molar-refractivity contribution >= 4 is 46.0 Å². The van der Waals surface area contributed by atoms with Crippen LogP contribution in [0.25, 0.3) is 22.0 Å². The molecule has 0 unspecified atom stereocenters. The molecule has 2 heterocycles. The van der Waals surface area contributed by atoms with E-state index >= 15 is 0 Å². The van der Waals surface area contributed by atoms with Gasteiger partial charge in [0.05, 0.1) is 41.5 Å². The molecule has 0 radical (unpaired) electrons. The molecule has 7 nitrogen and oxygen atoms in total. The number of amides is 1. The summed E-state index contributed by atoms with van der Waals surface area (Å²) in [6.45, 7) is 0. The lowest BCUT2D eigenvalue weighted by molar-refractivity contribution is -0.142. The van der Waals surface area contributed by atoms with Crippen LogP contribution in [0.1, 0.15) is 15.9 Å². The number of pyridine rings is 2. The van der Waals surface area contributed by atoms with Gasteiger partial charge in [0.1, 0.15) is 11.9 Å². The highest BCUT2D eigenvalue weighted by Crippen LogP contribution is 2.35. The number of esters is 1. The van der Waals surface area contributed by atoms with E-state index in [1.54, 1.807) is 30.5 Å². The van der Waals surface area contributed by atoms with Crippen molar-refractivity contribution in [1.29, 1.82) is 0 Å². The van der Waals surface area contributed by atoms with Gasteiger partial charge in [-0.3, -0.25) is 9.78 Å². The Balaban J connectivity index is 1.74. The van der Waals surface area contributed by atoms with Gasteiger partial charge in [-0.15, -0.1) is 0 Å². The SMILES string of the molecule is COC(=O)[C@H](Cc1ccc(-c2cc(F)cnc2OC)c2cccnc12)NC(=O)c1c(Cl)cccc1Cl. The van der Waals surface area contributed by atoms with Crippen LogP contribution in [-0.2, 0) is 16.0 Å². The standard InChI is InChI=1S/C26H20Cl2FN3O4/c1-35-25-18(12-15(29)13-31-25)16-9-8-14(23-17(16)5-4-10-30-23)11-21(26(34)36-2)32-24(33)22-19(27)6-3-7-20(22)28/h3-10,12-13,21H,11H2,1-2H3,(H,32,33)/t21-/m0/s1. The van der Waals surface area contributed by atoms with Crippen molar-refractivity contribution in [2.45, 2.75) is 12.5 Å². The third-order valence-corrected chi connectivity index (χ3v) is 6.19. The summed E-state index contributed by atoms with van der Waals surface area (Å²) in [5.41, 5.74) is 2.36. The molecule has 0 aliphatic carbocycles. The Kier molecular flexibility index (Phi) is 7.67. The van der Waals surface area contributed by atoms with Crippen molar-refractivity contribution in [2.24, 2.45) is 0 Å². The molecule has 0 saturated heterocycles. The summed E-state index contributed by atoms with van der Waals surface area (Å²) in [5.74, 6) is -1.54. The van der Waals surface area contributed by atoms with Crippen LogP contribution in [0.4, 0.5) is 4.39 Å². The summed E-state index contributed by atoms with van der Waals surface area (Å²) >= 11 is 12.3. The van der Waals surface area contributed by atoms with Crippen LogP contribution in [0.3, 0.4) is 0 Å². The number of methoxy groups -OCH3 is 2. The van der Waals surface area contributed by atoms with Crippen LogP contribution in [0.2, 0.25) is 10.0 Å². The molecule has 184 valence electrons. The number of hydrogen-bond donors (Lipinski definition) is 1. The average Bonchev–Trinajstić information content (AvgIpc) is 2.87. The molecule has 1 N–H and O–H groups in total. The van der Waals surface area contributed by atoms with Gasteiger partial charge in [0.25, 0.3) is 5.91 Å². The van der Waals surface area contributed by atoms with Crippen LogP contribution in [0, 0.1) is 5.82 Å². The lowest BCUT2D eigenvalue weighted by Crippen LogP contribution is -2.43. The molecular weight excluding hydrogens is 508 g/mol. The molecule has 4 rings (SSSR count). The number of rotatable bonds is 7. The number of nitrogens with zero attached hydrogens (tertiary/aromatic N) is 2. The first-order chi connectivity index (χ1) is 17.3. The van der Waals surface area contributed by atoms with E-state index in [0.717, 1.165) is 6.20 Å². The predicted molar refractivity (Wildman–Crippen MR) is 135 cm³/mol. The fraction of sp³-hybridized carbons (Fsp3) is 0.154. The lowest BCUT2D eigenvalue weighted by atomic mass is 9.95. The molecule has 0 aliphatic rings. The number of ether oxygens (including phenoxy) is 2. The Hall–Kier alpha value is -3.75. The molecule has 0 fully saturated rings. The second-order valence-electron chi connectivity index (χ2n) is 7.73. The Bertz CT molecular complexity index is 1440. The van der Waals surface area contributed by atoms with Gasteiger partial charge in [-0.05, 0) is 35.4 Å². The number of hydrogen-bond acceptors (Lipinski definition) is 6. The highest BCUT2D eigenvalue weighted by atomic mass is 35.5. The zero-order valence-corrected chi connectivity index (χ0v) is 20.7. The normalized spacial score (nSPS) is 11.7. The first kappa shape index (κ1) is 25.3. The highest BCUT2D eigenvalue weighted by molar-refractivity contribution is 6.39. The first-order valence-electron chi connectivity index (χ1n) is 10.7. The van der Waals surface area contributed by atoms with Crippen molar-refractivity contribution in [3.05, 3.63) is 87.9 Å². The van der Waals surface area contributed by atoms with E-state index in [2.05, 4.69) is 15.3 Å². The minimum atomic E-state index is -1.06. The molecule has 0 bridgehead atoms. The molecule has 4 aromatic rings. The predicted octanol–water partition coefficient (Wildman–Crippen LogP) is 5.27. The maximum absolute atomic E-state index is 14.0. The first-order valence-corrected chi connectivity index (χ1v) is 11.5. The number of benzene rings is 2. The van der Waals surface area contributed by atoms with Gasteiger partial charge in [-0.1, -0.05) is 47.5 Å². The van der Waals surface area contributed by atoms with Crippen LogP contribution in [0.5, 0.6) is 5.88 Å². The van der Waals surface area contributed by atoms with E-state index in [-0.39, 0.29) is 27.9 Å². The number of nitrogens with one attached hydrogen (secondary N) is 1. The van der Waals surface area contributed by atoms with Crippen molar-refractivity contribution in [3.63, 3.8) is 0 Å². The Morgan fingerprint density at radius 1 is 1.03 bits per heavy atom. The zero-order chi connectivity index (χ0) is 25.8. The van der Waals surface area contributed by atoms with Gasteiger partial charge in [0.15, 0.2) is 0 Å². The van der Waals surface area contributed by atoms with Gasteiger partial charge >= 0.3 is 5.97 Å². The Morgan fingerprint density at radius 3 is 2.47 bits per heavy atom. The van der Waals surface area contributed by atoms with Crippen molar-refractivity contribution in [1.82, 2.24) is 15.3 Å². The van der Waals surface area contributed by atoms with E-state index in [9.17, 15) is 14.0 Å². The molecule has 1 atom stereocenters. The number of aromatic nitrogens is 2. The lowest BCUT2D eigenvalue weighted by Gasteiger charge is -2.19. The average molecular weight is 528 g/mol. The number of carbonyl (C=O) groups is 2. The Morgan fingerprint density at radius 2 is 1.78 bits per heavy atom. The summed E-state index contributed by atoms with van der Waals surface area (Å²) in [6.07, 6.45) is 2.74. The van der Waals surface area contributed by atoms with E-state index in [1.807, 2.05) is 6.07 Å². The van der Waals surface area contributed by atoms with Gasteiger partial charge in [-0.2, -0.15) is 0 Å². The van der Waals surface area contributed by atoms with Gasteiger partial charge in [-0.25, -0.2) is 14.2 Å². The topological polar surface area (TPSA) is 90.4 Å². The van der Waals surface area contributed by atoms with Gasteiger partial charge in [0.2, 0.25) is 5.88 Å². The molecule has 0 spiro atoms. The molecule has 0 saturated carbocycles. The largest absolute Gasteiger partial charge is 0.481 e. The smallest absolute Gasteiger partial charge is 0.328 e. The molecule has 0 aliphatic heterocycles. The van der Waals surface area contributed by atoms with Crippen molar-refractivity contribution < 1.29 is 23.5 Å². The van der Waals surface area contributed by atoms with Crippen LogP contribution in [-0.4, -0.2) is 42.1 Å². The molecule has 2 aromatic heterocycles. The van der Waals surface area contributed by atoms with Crippen LogP contribution >= 0.6 is 23.2 Å². The zero-order valence-electron chi connectivity index (χ0n) is 19.2. The summed E-state index contributed by atoms with van der Waals surface area (Å²) < 4.78 is 24.3. The van der Waals surface area contributed by atoms with E-state index in [4.69, 9.17) is 32.7 Å². The number of fused-ring (bicyclic) bond motifs is 1. The third kappa shape index (κ3) is 5.10. The fourth-order valence-corrected chi connectivity index (χ4v) is 4.48. The summed E-state index contributed by atoms with van der Waals surface area (Å²) in [7, 11) is 2.68. The van der Waals surface area contributed by atoms with E-state index < -0.39 is 23.7 Å². The maximum atomic E-state index is 14.0.